The van der Waals surface area contributed by atoms with Gasteiger partial charge in [-0.05, 0) is 66.6 Å². The van der Waals surface area contributed by atoms with E-state index in [1.54, 1.807) is 6.20 Å². The number of nitrogens with one attached hydrogen (secondary N) is 1. The summed E-state index contributed by atoms with van der Waals surface area (Å²) in [5.41, 5.74) is 2.58. The molecular formula is C26H31B3N6O. The van der Waals surface area contributed by atoms with Crippen LogP contribution in [0.2, 0.25) is 0 Å². The minimum Gasteiger partial charge on any atom is -0.400 e. The highest BCUT2D eigenvalue weighted by molar-refractivity contribution is 6.58. The maximum Gasteiger partial charge on any atom is 0.227 e. The van der Waals surface area contributed by atoms with Crippen LogP contribution in [0.25, 0.3) is 10.8 Å². The zero-order valence-corrected chi connectivity index (χ0v) is 21.3. The maximum absolute atomic E-state index is 5.58. The van der Waals surface area contributed by atoms with Gasteiger partial charge in [0, 0.05) is 49.1 Å². The number of pyridine rings is 1. The van der Waals surface area contributed by atoms with E-state index >= 15 is 0 Å². The molecule has 5 rings (SSSR count). The van der Waals surface area contributed by atoms with Crippen molar-refractivity contribution in [3.8, 4) is 0 Å². The smallest absolute Gasteiger partial charge is 0.227 e. The van der Waals surface area contributed by atoms with Gasteiger partial charge in [-0.1, -0.05) is 19.9 Å². The number of hydrogen-bond donors (Lipinski definition) is 1. The Morgan fingerprint density at radius 1 is 1.00 bits per heavy atom. The van der Waals surface area contributed by atoms with Gasteiger partial charge < -0.3 is 19.9 Å². The van der Waals surface area contributed by atoms with Crippen molar-refractivity contribution in [2.45, 2.75) is 63.4 Å². The monoisotopic (exact) mass is 476 g/mol. The number of ether oxygens (including phenoxy) is 1. The van der Waals surface area contributed by atoms with E-state index < -0.39 is 5.30 Å². The molecule has 2 aromatic heterocycles. The highest BCUT2D eigenvalue weighted by Crippen LogP contribution is 2.37. The lowest BCUT2D eigenvalue weighted by Crippen LogP contribution is -2.45. The zero-order chi connectivity index (χ0) is 25.4. The number of rotatable bonds is 7. The fourth-order valence-corrected chi connectivity index (χ4v) is 5.11. The van der Waals surface area contributed by atoms with E-state index in [2.05, 4.69) is 59.1 Å². The van der Waals surface area contributed by atoms with E-state index in [9.17, 15) is 0 Å². The minimum absolute atomic E-state index is 0.0800. The Morgan fingerprint density at radius 3 is 2.42 bits per heavy atom. The molecule has 180 valence electrons. The maximum atomic E-state index is 5.58. The molecule has 2 fully saturated rings. The second-order valence-electron chi connectivity index (χ2n) is 10.3. The van der Waals surface area contributed by atoms with Crippen molar-refractivity contribution in [1.29, 1.82) is 0 Å². The Hall–Kier alpha value is -2.74. The van der Waals surface area contributed by atoms with Crippen molar-refractivity contribution < 1.29 is 4.74 Å². The van der Waals surface area contributed by atoms with Gasteiger partial charge in [0.05, 0.1) is 29.6 Å². The number of aromatic nitrogens is 3. The van der Waals surface area contributed by atoms with Gasteiger partial charge in [-0.2, -0.15) is 4.98 Å². The Morgan fingerprint density at radius 2 is 1.78 bits per heavy atom. The van der Waals surface area contributed by atoms with Gasteiger partial charge in [0.15, 0.2) is 0 Å². The zero-order valence-electron chi connectivity index (χ0n) is 21.3. The van der Waals surface area contributed by atoms with Gasteiger partial charge in [-0.15, -0.1) is 0 Å². The van der Waals surface area contributed by atoms with Crippen LogP contribution in [0.3, 0.4) is 0 Å². The van der Waals surface area contributed by atoms with E-state index in [1.165, 1.54) is 28.4 Å². The van der Waals surface area contributed by atoms with Crippen molar-refractivity contribution >= 4 is 57.6 Å². The van der Waals surface area contributed by atoms with E-state index in [0.717, 1.165) is 38.3 Å². The summed E-state index contributed by atoms with van der Waals surface area (Å²) >= 11 is 0. The highest BCUT2D eigenvalue weighted by Gasteiger charge is 2.27. The first-order chi connectivity index (χ1) is 17.2. The van der Waals surface area contributed by atoms with Crippen molar-refractivity contribution in [1.82, 2.24) is 15.0 Å². The second-order valence-corrected chi connectivity index (χ2v) is 10.3. The van der Waals surface area contributed by atoms with Crippen LogP contribution in [0.1, 0.15) is 51.5 Å². The molecule has 0 aliphatic carbocycles. The standard InChI is InChI=1S/C26H31B3N6O/c1-16(2)19-4-5-22(35-13-7-17(35)3)21-15-31-24(14-20(19)21)32-23-6-10-30-25(33-23)34-11-8-18(9-12-34)36-26(27,28)29/h4-6,10,14-18H,7-9,11-13H2,1-3H3,(H,30,31,32,33). The van der Waals surface area contributed by atoms with E-state index in [0.29, 0.717) is 23.7 Å². The third-order valence-electron chi connectivity index (χ3n) is 7.16. The lowest BCUT2D eigenvalue weighted by molar-refractivity contribution is 0.0305. The summed E-state index contributed by atoms with van der Waals surface area (Å²) in [7, 11) is 16.7. The SMILES string of the molecule is [B]C([B])([B])OC1CCN(c2nccc(Nc3cc4c(C(C)C)ccc(N5CCC5C)c4cn3)n2)CC1. The lowest BCUT2D eigenvalue weighted by atomic mass is 9.52. The number of anilines is 4. The summed E-state index contributed by atoms with van der Waals surface area (Å²) in [4.78, 5) is 18.6. The van der Waals surface area contributed by atoms with Crippen LogP contribution < -0.4 is 15.1 Å². The van der Waals surface area contributed by atoms with Crippen LogP contribution in [0.15, 0.2) is 36.7 Å². The third kappa shape index (κ3) is 5.34. The molecule has 10 heteroatoms. The quantitative estimate of drug-likeness (QED) is 0.524. The summed E-state index contributed by atoms with van der Waals surface area (Å²) in [6.45, 7) is 9.29. The molecule has 2 aliphatic rings. The van der Waals surface area contributed by atoms with Crippen molar-refractivity contribution in [3.05, 3.63) is 42.2 Å². The number of hydrogen-bond acceptors (Lipinski definition) is 7. The van der Waals surface area contributed by atoms with Crippen molar-refractivity contribution in [2.24, 2.45) is 0 Å². The first-order valence-electron chi connectivity index (χ1n) is 12.8. The van der Waals surface area contributed by atoms with Gasteiger partial charge in [-0.25, -0.2) is 9.97 Å². The highest BCUT2D eigenvalue weighted by atomic mass is 16.5. The number of benzene rings is 1. The molecule has 3 aromatic rings. The molecule has 4 heterocycles. The molecule has 6 radical (unpaired) electrons. The van der Waals surface area contributed by atoms with Gasteiger partial charge in [0.1, 0.15) is 11.6 Å². The van der Waals surface area contributed by atoms with Gasteiger partial charge in [0.25, 0.3) is 0 Å². The van der Waals surface area contributed by atoms with Crippen LogP contribution >= 0.6 is 0 Å². The minimum atomic E-state index is -1.61. The molecule has 1 aromatic carbocycles. The number of nitrogens with zero attached hydrogens (tertiary/aromatic N) is 5. The Balaban J connectivity index is 1.35. The van der Waals surface area contributed by atoms with Crippen LogP contribution in [0.5, 0.6) is 0 Å². The van der Waals surface area contributed by atoms with Crippen LogP contribution in [-0.2, 0) is 4.74 Å². The van der Waals surface area contributed by atoms with Gasteiger partial charge in [-0.3, -0.25) is 0 Å². The first-order valence-corrected chi connectivity index (χ1v) is 12.8. The summed E-state index contributed by atoms with van der Waals surface area (Å²) < 4.78 is 5.51. The fourth-order valence-electron chi connectivity index (χ4n) is 5.11. The Kier molecular flexibility index (Phi) is 6.90. The molecule has 36 heavy (non-hydrogen) atoms. The molecule has 0 spiro atoms. The van der Waals surface area contributed by atoms with Crippen molar-refractivity contribution in [3.63, 3.8) is 0 Å². The third-order valence-corrected chi connectivity index (χ3v) is 7.16. The molecule has 1 N–H and O–H groups in total. The normalized spacial score (nSPS) is 19.1. The fraction of sp³-hybridized carbons (Fsp3) is 0.500. The molecule has 2 saturated heterocycles. The van der Waals surface area contributed by atoms with E-state index in [-0.39, 0.29) is 6.10 Å². The summed E-state index contributed by atoms with van der Waals surface area (Å²) in [5.74, 6) is 2.54. The predicted octanol–water partition coefficient (Wildman–Crippen LogP) is 3.59. The largest absolute Gasteiger partial charge is 0.400 e. The van der Waals surface area contributed by atoms with Gasteiger partial charge >= 0.3 is 0 Å². The number of fused-ring (bicyclic) bond motifs is 1. The molecule has 7 nitrogen and oxygen atoms in total. The number of piperidine rings is 1. The van der Waals surface area contributed by atoms with Crippen molar-refractivity contribution in [2.75, 3.05) is 34.8 Å². The average molecular weight is 476 g/mol. The first kappa shape index (κ1) is 24.9. The Bertz CT molecular complexity index is 1230. The summed E-state index contributed by atoms with van der Waals surface area (Å²) in [5, 5.41) is 4.21. The molecule has 2 aliphatic heterocycles. The average Bonchev–Trinajstić information content (AvgIpc) is 2.82. The molecule has 1 atom stereocenters. The Labute approximate surface area is 217 Å². The van der Waals surface area contributed by atoms with Crippen LogP contribution in [-0.4, -0.2) is 75.6 Å². The van der Waals surface area contributed by atoms with Gasteiger partial charge in [0.2, 0.25) is 5.95 Å². The summed E-state index contributed by atoms with van der Waals surface area (Å²) in [6, 6.07) is 9.08. The molecule has 0 saturated carbocycles. The molecular weight excluding hydrogens is 445 g/mol. The van der Waals surface area contributed by atoms with Crippen LogP contribution in [0.4, 0.5) is 23.3 Å². The lowest BCUT2D eigenvalue weighted by Gasteiger charge is -2.41. The molecule has 0 bridgehead atoms. The van der Waals surface area contributed by atoms with E-state index in [4.69, 9.17) is 38.2 Å². The topological polar surface area (TPSA) is 66.4 Å². The van der Waals surface area contributed by atoms with E-state index in [1.807, 2.05) is 12.3 Å². The summed E-state index contributed by atoms with van der Waals surface area (Å²) in [6.07, 6.45) is 6.40. The molecule has 0 amide bonds. The molecule has 1 unspecified atom stereocenters. The second kappa shape index (κ2) is 9.96. The van der Waals surface area contributed by atoms with Crippen LogP contribution in [0, 0.1) is 0 Å². The predicted molar refractivity (Wildman–Crippen MR) is 149 cm³/mol.